The van der Waals surface area contributed by atoms with Gasteiger partial charge in [0.05, 0.1) is 5.41 Å². The second kappa shape index (κ2) is 5.05. The molecule has 3 rings (SSSR count). The number of benzene rings is 2. The van der Waals surface area contributed by atoms with Gasteiger partial charge in [0.15, 0.2) is 0 Å². The largest absolute Gasteiger partial charge is 0.399 e. The molecule has 1 heterocycles. The molecule has 0 radical (unpaired) electrons. The van der Waals surface area contributed by atoms with Crippen LogP contribution in [-0.4, -0.2) is 10.1 Å². The van der Waals surface area contributed by atoms with Crippen LogP contribution in [0.15, 0.2) is 59.1 Å². The van der Waals surface area contributed by atoms with Gasteiger partial charge in [-0.05, 0) is 31.5 Å². The Morgan fingerprint density at radius 1 is 0.952 bits per heavy atom. The molecule has 2 N–H and O–H groups in total. The zero-order valence-corrected chi connectivity index (χ0v) is 12.1. The third-order valence-electron chi connectivity index (χ3n) is 3.63. The van der Waals surface area contributed by atoms with Gasteiger partial charge in [0.2, 0.25) is 11.7 Å². The van der Waals surface area contributed by atoms with Gasteiger partial charge in [-0.1, -0.05) is 47.6 Å². The third kappa shape index (κ3) is 2.52. The van der Waals surface area contributed by atoms with Crippen LogP contribution in [0.25, 0.3) is 11.4 Å². The maximum Gasteiger partial charge on any atom is 0.237 e. The van der Waals surface area contributed by atoms with Crippen LogP contribution in [0, 0.1) is 0 Å². The molecule has 0 aliphatic carbocycles. The van der Waals surface area contributed by atoms with Crippen LogP contribution >= 0.6 is 0 Å². The minimum atomic E-state index is -0.367. The molecule has 0 unspecified atom stereocenters. The van der Waals surface area contributed by atoms with E-state index in [1.165, 1.54) is 0 Å². The number of nitrogen functional groups attached to an aromatic ring is 1. The van der Waals surface area contributed by atoms with Gasteiger partial charge >= 0.3 is 0 Å². The van der Waals surface area contributed by atoms with Crippen molar-refractivity contribution in [1.29, 1.82) is 0 Å². The predicted molar refractivity (Wildman–Crippen MR) is 82.7 cm³/mol. The second-order valence-corrected chi connectivity index (χ2v) is 5.54. The summed E-state index contributed by atoms with van der Waals surface area (Å²) in [6, 6.07) is 17.5. The topological polar surface area (TPSA) is 64.9 Å². The van der Waals surface area contributed by atoms with Gasteiger partial charge in [0.25, 0.3) is 0 Å². The molecule has 106 valence electrons. The second-order valence-electron chi connectivity index (χ2n) is 5.54. The van der Waals surface area contributed by atoms with Crippen LogP contribution in [0.1, 0.15) is 25.3 Å². The molecule has 4 heteroatoms. The van der Waals surface area contributed by atoms with Gasteiger partial charge in [0.1, 0.15) is 0 Å². The summed E-state index contributed by atoms with van der Waals surface area (Å²) < 4.78 is 5.48. The normalized spacial score (nSPS) is 11.5. The van der Waals surface area contributed by atoms with Gasteiger partial charge in [-0.15, -0.1) is 0 Å². The van der Waals surface area contributed by atoms with E-state index in [2.05, 4.69) is 24.0 Å². The first-order chi connectivity index (χ1) is 10.1. The Kier molecular flexibility index (Phi) is 3.22. The van der Waals surface area contributed by atoms with Crippen LogP contribution in [0.2, 0.25) is 0 Å². The van der Waals surface area contributed by atoms with E-state index < -0.39 is 0 Å². The highest BCUT2D eigenvalue weighted by Gasteiger charge is 2.30. The number of nitrogens with zero attached hydrogens (tertiary/aromatic N) is 2. The Morgan fingerprint density at radius 3 is 2.29 bits per heavy atom. The first-order valence-corrected chi connectivity index (χ1v) is 6.83. The highest BCUT2D eigenvalue weighted by Crippen LogP contribution is 2.31. The predicted octanol–water partition coefficient (Wildman–Crippen LogP) is 3.64. The molecule has 0 amide bonds. The van der Waals surface area contributed by atoms with Crippen molar-refractivity contribution in [2.24, 2.45) is 0 Å². The monoisotopic (exact) mass is 279 g/mol. The molecule has 0 saturated carbocycles. The van der Waals surface area contributed by atoms with Crippen LogP contribution in [-0.2, 0) is 5.41 Å². The molecule has 21 heavy (non-hydrogen) atoms. The lowest BCUT2D eigenvalue weighted by Gasteiger charge is -2.20. The van der Waals surface area contributed by atoms with E-state index in [9.17, 15) is 0 Å². The van der Waals surface area contributed by atoms with E-state index in [1.807, 2.05) is 54.6 Å². The minimum absolute atomic E-state index is 0.367. The molecule has 0 saturated heterocycles. The van der Waals surface area contributed by atoms with Crippen LogP contribution in [0.3, 0.4) is 0 Å². The molecular formula is C17H17N3O. The van der Waals surface area contributed by atoms with Crippen molar-refractivity contribution in [3.05, 3.63) is 66.1 Å². The highest BCUT2D eigenvalue weighted by molar-refractivity contribution is 5.54. The summed E-state index contributed by atoms with van der Waals surface area (Å²) in [5.74, 6) is 1.19. The first-order valence-electron chi connectivity index (χ1n) is 6.83. The van der Waals surface area contributed by atoms with E-state index in [1.54, 1.807) is 0 Å². The van der Waals surface area contributed by atoms with Crippen molar-refractivity contribution >= 4 is 5.69 Å². The first kappa shape index (κ1) is 13.4. The quantitative estimate of drug-likeness (QED) is 0.743. The smallest absolute Gasteiger partial charge is 0.237 e. The van der Waals surface area contributed by atoms with Gasteiger partial charge in [-0.2, -0.15) is 4.98 Å². The van der Waals surface area contributed by atoms with Crippen molar-refractivity contribution in [3.63, 3.8) is 0 Å². The summed E-state index contributed by atoms with van der Waals surface area (Å²) in [6.45, 7) is 4.11. The summed E-state index contributed by atoms with van der Waals surface area (Å²) in [5.41, 5.74) is 8.14. The van der Waals surface area contributed by atoms with E-state index in [0.717, 1.165) is 16.8 Å². The lowest BCUT2D eigenvalue weighted by atomic mass is 9.84. The van der Waals surface area contributed by atoms with Crippen molar-refractivity contribution in [1.82, 2.24) is 10.1 Å². The molecule has 0 aliphatic heterocycles. The standard InChI is InChI=1S/C17H17N3O/c1-17(2,13-8-10-14(18)11-9-13)16-19-15(20-21-16)12-6-4-3-5-7-12/h3-11H,18H2,1-2H3. The fourth-order valence-corrected chi connectivity index (χ4v) is 2.21. The van der Waals surface area contributed by atoms with Crippen molar-refractivity contribution in [2.45, 2.75) is 19.3 Å². The summed E-state index contributed by atoms with van der Waals surface area (Å²) in [4.78, 5) is 4.54. The molecule has 0 bridgehead atoms. The Labute approximate surface area is 123 Å². The van der Waals surface area contributed by atoms with E-state index in [0.29, 0.717) is 11.7 Å². The van der Waals surface area contributed by atoms with E-state index in [4.69, 9.17) is 10.3 Å². The van der Waals surface area contributed by atoms with Crippen molar-refractivity contribution in [2.75, 3.05) is 5.73 Å². The zero-order valence-electron chi connectivity index (χ0n) is 12.1. The van der Waals surface area contributed by atoms with Crippen molar-refractivity contribution in [3.8, 4) is 11.4 Å². The Hall–Kier alpha value is -2.62. The average molecular weight is 279 g/mol. The summed E-state index contributed by atoms with van der Waals surface area (Å²) in [5, 5.41) is 4.08. The number of anilines is 1. The lowest BCUT2D eigenvalue weighted by Crippen LogP contribution is -2.19. The molecule has 0 fully saturated rings. The third-order valence-corrected chi connectivity index (χ3v) is 3.63. The highest BCUT2D eigenvalue weighted by atomic mass is 16.5. The van der Waals surface area contributed by atoms with Crippen LogP contribution in [0.4, 0.5) is 5.69 Å². The molecular weight excluding hydrogens is 262 g/mol. The summed E-state index contributed by atoms with van der Waals surface area (Å²) in [6.07, 6.45) is 0. The SMILES string of the molecule is CC(C)(c1ccc(N)cc1)c1nc(-c2ccccc2)no1. The van der Waals surface area contributed by atoms with Crippen LogP contribution in [0.5, 0.6) is 0 Å². The minimum Gasteiger partial charge on any atom is -0.399 e. The lowest BCUT2D eigenvalue weighted by molar-refractivity contribution is 0.333. The average Bonchev–Trinajstić information content (AvgIpc) is 2.99. The number of nitrogens with two attached hydrogens (primary N) is 1. The molecule has 4 nitrogen and oxygen atoms in total. The zero-order chi connectivity index (χ0) is 14.9. The molecule has 1 aromatic heterocycles. The number of hydrogen-bond acceptors (Lipinski definition) is 4. The molecule has 3 aromatic rings. The number of aromatic nitrogens is 2. The number of rotatable bonds is 3. The summed E-state index contributed by atoms with van der Waals surface area (Å²) in [7, 11) is 0. The Bertz CT molecular complexity index is 730. The van der Waals surface area contributed by atoms with Gasteiger partial charge in [0, 0.05) is 11.3 Å². The van der Waals surface area contributed by atoms with E-state index >= 15 is 0 Å². The Morgan fingerprint density at radius 2 is 1.62 bits per heavy atom. The molecule has 0 atom stereocenters. The maximum atomic E-state index is 5.74. The van der Waals surface area contributed by atoms with Crippen LogP contribution < -0.4 is 5.73 Å². The van der Waals surface area contributed by atoms with E-state index in [-0.39, 0.29) is 5.41 Å². The van der Waals surface area contributed by atoms with Gasteiger partial charge < -0.3 is 10.3 Å². The van der Waals surface area contributed by atoms with Gasteiger partial charge in [-0.25, -0.2) is 0 Å². The Balaban J connectivity index is 1.97. The molecule has 0 aliphatic rings. The maximum absolute atomic E-state index is 5.74. The fraction of sp³-hybridized carbons (Fsp3) is 0.176. The van der Waals surface area contributed by atoms with Gasteiger partial charge in [-0.3, -0.25) is 0 Å². The molecule has 2 aromatic carbocycles. The number of hydrogen-bond donors (Lipinski definition) is 1. The van der Waals surface area contributed by atoms with Crippen molar-refractivity contribution < 1.29 is 4.52 Å². The summed E-state index contributed by atoms with van der Waals surface area (Å²) >= 11 is 0. The molecule has 0 spiro atoms. The fourth-order valence-electron chi connectivity index (χ4n) is 2.21.